The number of benzene rings is 1. The molecule has 0 unspecified atom stereocenters. The molecule has 6 heteroatoms. The predicted molar refractivity (Wildman–Crippen MR) is 93.0 cm³/mol. The summed E-state index contributed by atoms with van der Waals surface area (Å²) in [4.78, 5) is 16.3. The number of hydrogen-bond donors (Lipinski definition) is 0. The number of hydrogen-bond acceptors (Lipinski definition) is 4. The summed E-state index contributed by atoms with van der Waals surface area (Å²) in [5.74, 6) is 0.961. The number of amides is 1. The molecule has 0 saturated heterocycles. The van der Waals surface area contributed by atoms with E-state index in [-0.39, 0.29) is 6.09 Å². The van der Waals surface area contributed by atoms with E-state index in [2.05, 4.69) is 24.9 Å². The van der Waals surface area contributed by atoms with Crippen LogP contribution in [0.1, 0.15) is 31.9 Å². The van der Waals surface area contributed by atoms with Crippen molar-refractivity contribution < 1.29 is 14.3 Å². The molecular weight excluding hydrogens is 291 g/mol. The third kappa shape index (κ3) is 3.57. The Labute approximate surface area is 139 Å². The molecule has 124 valence electrons. The zero-order valence-electron chi connectivity index (χ0n) is 14.5. The van der Waals surface area contributed by atoms with Gasteiger partial charge in [-0.2, -0.15) is 0 Å². The van der Waals surface area contributed by atoms with E-state index in [1.165, 1.54) is 11.1 Å². The molecule has 5 nitrogen and oxygen atoms in total. The van der Waals surface area contributed by atoms with Crippen LogP contribution < -0.4 is 9.55 Å². The average Bonchev–Trinajstić information content (AvgIpc) is 2.66. The number of ether oxygens (including phenoxy) is 2. The molecule has 0 spiro atoms. The Hall–Kier alpha value is -1.85. The van der Waals surface area contributed by atoms with Crippen molar-refractivity contribution in [2.45, 2.75) is 39.2 Å². The molecule has 2 heterocycles. The first kappa shape index (κ1) is 16.0. The van der Waals surface area contributed by atoms with E-state index in [0.29, 0.717) is 13.1 Å². The highest BCUT2D eigenvalue weighted by atomic mass is 16.6. The molecule has 0 saturated carbocycles. The summed E-state index contributed by atoms with van der Waals surface area (Å²) in [5.41, 5.74) is 3.30. The zero-order chi connectivity index (χ0) is 16.6. The largest absolute Gasteiger partial charge is 0.490 e. The second-order valence-corrected chi connectivity index (χ2v) is 7.33. The molecule has 1 aromatic carbocycles. The van der Waals surface area contributed by atoms with Crippen molar-refractivity contribution >= 4 is 19.8 Å². The van der Waals surface area contributed by atoms with E-state index in [4.69, 9.17) is 9.47 Å². The first-order chi connectivity index (χ1) is 10.8. The number of fused-ring (bicyclic) bond motifs is 2. The average molecular weight is 316 g/mol. The van der Waals surface area contributed by atoms with Crippen molar-refractivity contribution in [3.63, 3.8) is 0 Å². The van der Waals surface area contributed by atoms with Crippen LogP contribution in [0, 0.1) is 0 Å². The maximum absolute atomic E-state index is 12.3. The Morgan fingerprint density at radius 2 is 1.83 bits per heavy atom. The topological polar surface area (TPSA) is 42.0 Å². The van der Waals surface area contributed by atoms with Crippen LogP contribution in [0.15, 0.2) is 12.1 Å². The Morgan fingerprint density at radius 3 is 2.48 bits per heavy atom. The maximum atomic E-state index is 12.3. The van der Waals surface area contributed by atoms with E-state index in [1.54, 1.807) is 0 Å². The summed E-state index contributed by atoms with van der Waals surface area (Å²) < 4.78 is 11.3. The summed E-state index contributed by atoms with van der Waals surface area (Å²) in [6.07, 6.45) is 1.48. The second kappa shape index (κ2) is 5.98. The molecule has 0 fully saturated rings. The highest BCUT2D eigenvalue weighted by Crippen LogP contribution is 2.34. The molecule has 0 radical (unpaired) electrons. The standard InChI is InChI=1S/C17H25BN2O3/c1-17(2,3)23-16(21)19-6-4-12-10-14-15(11-13(12)5-7-19)22-9-8-20(14)18/h10-11H,4-9,18H2,1-3H3. The Morgan fingerprint density at radius 1 is 1.17 bits per heavy atom. The fourth-order valence-corrected chi connectivity index (χ4v) is 3.08. The zero-order valence-corrected chi connectivity index (χ0v) is 14.5. The van der Waals surface area contributed by atoms with Crippen LogP contribution in [-0.4, -0.2) is 50.8 Å². The van der Waals surface area contributed by atoms with Gasteiger partial charge in [0.25, 0.3) is 0 Å². The van der Waals surface area contributed by atoms with Crippen LogP contribution in [0.2, 0.25) is 0 Å². The summed E-state index contributed by atoms with van der Waals surface area (Å²) in [5, 5.41) is 0. The van der Waals surface area contributed by atoms with Crippen molar-refractivity contribution in [1.82, 2.24) is 4.90 Å². The first-order valence-corrected chi connectivity index (χ1v) is 8.31. The fourth-order valence-electron chi connectivity index (χ4n) is 3.08. The molecule has 0 bridgehead atoms. The number of carbonyl (C=O) groups is 1. The van der Waals surface area contributed by atoms with E-state index < -0.39 is 5.60 Å². The molecule has 1 aromatic rings. The van der Waals surface area contributed by atoms with Gasteiger partial charge < -0.3 is 19.2 Å². The van der Waals surface area contributed by atoms with Crippen molar-refractivity contribution in [3.8, 4) is 5.75 Å². The molecule has 23 heavy (non-hydrogen) atoms. The minimum Gasteiger partial charge on any atom is -0.490 e. The number of anilines is 1. The van der Waals surface area contributed by atoms with Crippen LogP contribution in [-0.2, 0) is 17.6 Å². The van der Waals surface area contributed by atoms with E-state index in [1.807, 2.05) is 25.7 Å². The van der Waals surface area contributed by atoms with E-state index >= 15 is 0 Å². The quantitative estimate of drug-likeness (QED) is 0.684. The van der Waals surface area contributed by atoms with Gasteiger partial charge in [-0.1, -0.05) is 0 Å². The number of carbonyl (C=O) groups excluding carboxylic acids is 1. The molecular formula is C17H25BN2O3. The minimum atomic E-state index is -0.452. The fraction of sp³-hybridized carbons (Fsp3) is 0.588. The lowest BCUT2D eigenvalue weighted by Gasteiger charge is -2.29. The lowest BCUT2D eigenvalue weighted by atomic mass is 9.99. The predicted octanol–water partition coefficient (Wildman–Crippen LogP) is 1.77. The van der Waals surface area contributed by atoms with Crippen molar-refractivity contribution in [1.29, 1.82) is 0 Å². The van der Waals surface area contributed by atoms with Crippen LogP contribution >= 0.6 is 0 Å². The summed E-state index contributed by atoms with van der Waals surface area (Å²) in [7, 11) is 2.09. The third-order valence-electron chi connectivity index (χ3n) is 4.33. The van der Waals surface area contributed by atoms with Gasteiger partial charge in [-0.05, 0) is 56.9 Å². The van der Waals surface area contributed by atoms with Crippen LogP contribution in [0.3, 0.4) is 0 Å². The summed E-state index contributed by atoms with van der Waals surface area (Å²) in [6.45, 7) is 8.74. The van der Waals surface area contributed by atoms with Gasteiger partial charge in [-0.25, -0.2) is 4.79 Å². The molecule has 0 N–H and O–H groups in total. The van der Waals surface area contributed by atoms with Crippen molar-refractivity contribution in [2.75, 3.05) is 31.1 Å². The summed E-state index contributed by atoms with van der Waals surface area (Å²) in [6, 6.07) is 4.38. The van der Waals surface area contributed by atoms with Crippen LogP contribution in [0.25, 0.3) is 0 Å². The van der Waals surface area contributed by atoms with Gasteiger partial charge in [0.2, 0.25) is 7.98 Å². The van der Waals surface area contributed by atoms with Gasteiger partial charge in [0.05, 0.1) is 5.69 Å². The highest BCUT2D eigenvalue weighted by molar-refractivity contribution is 6.18. The van der Waals surface area contributed by atoms with Crippen molar-refractivity contribution in [3.05, 3.63) is 23.3 Å². The number of nitrogens with zero attached hydrogens (tertiary/aromatic N) is 2. The minimum absolute atomic E-state index is 0.219. The maximum Gasteiger partial charge on any atom is 0.410 e. The molecule has 2 aliphatic rings. The van der Waals surface area contributed by atoms with Gasteiger partial charge in [-0.3, -0.25) is 0 Å². The molecule has 2 aliphatic heterocycles. The number of rotatable bonds is 0. The van der Waals surface area contributed by atoms with Gasteiger partial charge in [0, 0.05) is 19.6 Å². The van der Waals surface area contributed by atoms with Gasteiger partial charge in [0.15, 0.2) is 0 Å². The summed E-state index contributed by atoms with van der Waals surface area (Å²) >= 11 is 0. The van der Waals surface area contributed by atoms with Gasteiger partial charge in [0.1, 0.15) is 18.0 Å². The first-order valence-electron chi connectivity index (χ1n) is 8.31. The lowest BCUT2D eigenvalue weighted by Crippen LogP contribution is -2.38. The lowest BCUT2D eigenvalue weighted by molar-refractivity contribution is 0.0258. The SMILES string of the molecule is BN1CCOc2cc3c(cc21)CCN(C(=O)OC(C)(C)C)CC3. The van der Waals surface area contributed by atoms with Crippen LogP contribution in [0.4, 0.5) is 10.5 Å². The second-order valence-electron chi connectivity index (χ2n) is 7.33. The van der Waals surface area contributed by atoms with E-state index in [9.17, 15) is 4.79 Å². The monoisotopic (exact) mass is 316 g/mol. The van der Waals surface area contributed by atoms with Gasteiger partial charge in [-0.15, -0.1) is 0 Å². The highest BCUT2D eigenvalue weighted by Gasteiger charge is 2.25. The Balaban J connectivity index is 1.77. The Kier molecular flexibility index (Phi) is 4.17. The Bertz CT molecular complexity index is 613. The molecule has 0 aliphatic carbocycles. The normalized spacial score (nSPS) is 17.7. The third-order valence-corrected chi connectivity index (χ3v) is 4.33. The molecule has 0 aromatic heterocycles. The molecule has 0 atom stereocenters. The van der Waals surface area contributed by atoms with Crippen LogP contribution in [0.5, 0.6) is 5.75 Å². The van der Waals surface area contributed by atoms with E-state index in [0.717, 1.165) is 37.4 Å². The molecule has 3 rings (SSSR count). The smallest absolute Gasteiger partial charge is 0.410 e. The molecule has 1 amide bonds. The van der Waals surface area contributed by atoms with Crippen molar-refractivity contribution in [2.24, 2.45) is 0 Å². The van der Waals surface area contributed by atoms with Gasteiger partial charge >= 0.3 is 6.09 Å².